The number of methoxy groups -OCH3 is 1. The topological polar surface area (TPSA) is 724 Å². The number of primary amides is 4. The van der Waals surface area contributed by atoms with Crippen LogP contribution in [0, 0.1) is 5.41 Å². The summed E-state index contributed by atoms with van der Waals surface area (Å²) in [6.07, 6.45) is -7.89. The predicted molar refractivity (Wildman–Crippen MR) is 448 cm³/mol. The van der Waals surface area contributed by atoms with Crippen LogP contribution >= 0.6 is 0 Å². The summed E-state index contributed by atoms with van der Waals surface area (Å²) in [4.78, 5) is 268. The molecule has 2 heterocycles. The van der Waals surface area contributed by atoms with Crippen LogP contribution in [0.2, 0.25) is 0 Å². The minimum atomic E-state index is -2.14. The molecule has 676 valence electrons. The number of aliphatic hydroxyl groups is 1. The smallest absolute Gasteiger partial charge is 0.326 e. The summed E-state index contributed by atoms with van der Waals surface area (Å²) in [5, 5.41) is 67.8. The SMILES string of the molecule is COc1ccc(C[C@@H]2NC(=O)[C@H](CCCNC(=N)N)NC(=O)[C@H](CCC(N)=O)NC(=O)[C@H](Cc3c[nH]c4ccccc34)NC(=O)C([C@@H](C)O)NC(=O)[C@H](CC(N)=O)NC(=O)C(NC(C)=O)CCCCNC(=O)C[C@H](C(=O)N[C@@H](CC(N)=O)C(=O)N[C@@H](CC(N)=O)C(=O)O)NC(=O)[C@@H](CCCCNC(C)=O)NC(=O)[C@H](Cc3cccc4ccccc34)NC2=O)cc1. The van der Waals surface area contributed by atoms with Gasteiger partial charge in [0.2, 0.25) is 106 Å². The highest BCUT2D eigenvalue weighted by molar-refractivity contribution is 6.03. The third-order valence-electron chi connectivity index (χ3n) is 19.9. The minimum absolute atomic E-state index is 0.00728. The second kappa shape index (κ2) is 49.5. The molecule has 6 rings (SSSR count). The fourth-order valence-corrected chi connectivity index (χ4v) is 13.5. The molecule has 13 atom stereocenters. The molecule has 0 bridgehead atoms. The fourth-order valence-electron chi connectivity index (χ4n) is 13.5. The Morgan fingerprint density at radius 1 is 0.520 bits per heavy atom. The van der Waals surface area contributed by atoms with Gasteiger partial charge in [-0.3, -0.25) is 91.7 Å². The first-order valence-corrected chi connectivity index (χ1v) is 40.2. The largest absolute Gasteiger partial charge is 0.497 e. The van der Waals surface area contributed by atoms with Gasteiger partial charge in [0.25, 0.3) is 0 Å². The lowest BCUT2D eigenvalue weighted by molar-refractivity contribution is -0.144. The molecule has 1 aliphatic rings. The first-order chi connectivity index (χ1) is 59.3. The van der Waals surface area contributed by atoms with Gasteiger partial charge in [0.05, 0.1) is 38.9 Å². The lowest BCUT2D eigenvalue weighted by atomic mass is 9.97. The number of fused-ring (bicyclic) bond motifs is 2. The number of carbonyl (C=O) groups is 19. The summed E-state index contributed by atoms with van der Waals surface area (Å²) >= 11 is 0. The van der Waals surface area contributed by atoms with Crippen LogP contribution in [0.1, 0.15) is 127 Å². The molecule has 4 aromatic carbocycles. The summed E-state index contributed by atoms with van der Waals surface area (Å²) in [7, 11) is 1.39. The van der Waals surface area contributed by atoms with Gasteiger partial charge in [0.1, 0.15) is 78.3 Å². The van der Waals surface area contributed by atoms with Crippen molar-refractivity contribution in [2.45, 2.75) is 209 Å². The number of nitrogens with two attached hydrogens (primary N) is 5. The lowest BCUT2D eigenvalue weighted by Crippen LogP contribution is -2.62. The van der Waals surface area contributed by atoms with Crippen LogP contribution in [0.4, 0.5) is 0 Å². The van der Waals surface area contributed by atoms with Crippen LogP contribution in [-0.2, 0) is 110 Å². The zero-order valence-corrected chi connectivity index (χ0v) is 69.3. The van der Waals surface area contributed by atoms with Gasteiger partial charge in [0, 0.05) is 76.3 Å². The Bertz CT molecular complexity index is 4750. The van der Waals surface area contributed by atoms with E-state index >= 15 is 28.8 Å². The number of aromatic amines is 1. The molecule has 125 heavy (non-hydrogen) atoms. The first kappa shape index (κ1) is 99.5. The molecule has 1 aliphatic heterocycles. The molecule has 0 spiro atoms. The fraction of sp³-hybridized carbons (Fsp3) is 0.457. The monoisotopic (exact) mass is 1740 g/mol. The van der Waals surface area contributed by atoms with Crippen LogP contribution in [0.3, 0.4) is 0 Å². The standard InChI is InChI=1S/C81H110N22O22/c1-41(104)68-79(122)101-58(35-47-40-91-51-20-8-7-19-50(47)51)75(118)95-55(28-29-63(82)107)72(115)93-54(23-14-32-90-81(86)87)71(114)96-56(33-44-24-26-48(125-4)27-25-44)73(116)97-57(34-46-17-13-16-45-15-5-6-18-49(45)46)74(117)94-53(22-9-11-30-88-42(2)105)70(113)100-61(77(120)99-59(36-64(83)108)76(119)102-62(80(123)124)38-66(85)110)39-67(111)89-31-12-10-21-52(92-43(3)106)69(112)98-60(37-65(84)109)78(121)103-68/h5-8,13,15-20,24-27,40-41,52-62,68,91,104H,9-12,14,21-23,28-39H2,1-4H3,(H2,82,107)(H2,83,108)(H2,84,109)(H2,85,110)(H,88,105)(H,89,111)(H,92,106)(H,93,115)(H,94,117)(H,95,118)(H,96,114)(H,97,116)(H,98,112)(H,99,120)(H,100,113)(H,101,122)(H,102,119)(H,103,121)(H,123,124)(H4,86,87,90)/t41-,52?,53-,54+,55+,56+,57+,58+,59+,60+,61-,62+,68?/m1/s1. The van der Waals surface area contributed by atoms with E-state index < -0.39 is 255 Å². The summed E-state index contributed by atoms with van der Waals surface area (Å²) < 4.78 is 5.39. The summed E-state index contributed by atoms with van der Waals surface area (Å²) in [5.41, 5.74) is 29.3. The Kier molecular flexibility index (Phi) is 39.4. The molecule has 18 amide bonds. The number of benzene rings is 4. The van der Waals surface area contributed by atoms with Gasteiger partial charge in [-0.25, -0.2) is 4.79 Å². The van der Waals surface area contributed by atoms with E-state index in [1.54, 1.807) is 78.9 Å². The van der Waals surface area contributed by atoms with E-state index in [1.165, 1.54) is 32.4 Å². The molecule has 1 aromatic heterocycles. The number of amides is 18. The molecule has 1 fully saturated rings. The normalized spacial score (nSPS) is 21.1. The number of aromatic nitrogens is 1. The molecule has 0 radical (unpaired) electrons. The van der Waals surface area contributed by atoms with Crippen LogP contribution in [-0.4, -0.2) is 239 Å². The minimum Gasteiger partial charge on any atom is -0.497 e. The number of para-hydroxylation sites is 1. The van der Waals surface area contributed by atoms with E-state index in [2.05, 4.69) is 79.4 Å². The van der Waals surface area contributed by atoms with Gasteiger partial charge in [-0.2, -0.15) is 0 Å². The molecule has 1 saturated heterocycles. The highest BCUT2D eigenvalue weighted by Crippen LogP contribution is 2.23. The van der Waals surface area contributed by atoms with Gasteiger partial charge in [-0.15, -0.1) is 0 Å². The third kappa shape index (κ3) is 33.5. The van der Waals surface area contributed by atoms with E-state index in [9.17, 15) is 72.5 Å². The predicted octanol–water partition coefficient (Wildman–Crippen LogP) is -6.19. The first-order valence-electron chi connectivity index (χ1n) is 40.2. The van der Waals surface area contributed by atoms with Gasteiger partial charge in [0.15, 0.2) is 5.96 Å². The van der Waals surface area contributed by atoms with Crippen molar-refractivity contribution < 1.29 is 106 Å². The van der Waals surface area contributed by atoms with E-state index in [0.29, 0.717) is 44.1 Å². The number of H-pyrrole nitrogens is 1. The number of carboxylic acid groups (broad SMARTS) is 1. The van der Waals surface area contributed by atoms with E-state index in [4.69, 9.17) is 38.8 Å². The van der Waals surface area contributed by atoms with Crippen LogP contribution in [0.25, 0.3) is 21.7 Å². The number of aliphatic hydroxyl groups excluding tert-OH is 1. The zero-order chi connectivity index (χ0) is 92.1. The highest BCUT2D eigenvalue weighted by atomic mass is 16.5. The van der Waals surface area contributed by atoms with Crippen molar-refractivity contribution in [3.05, 3.63) is 114 Å². The van der Waals surface area contributed by atoms with Gasteiger partial charge in [-0.05, 0) is 110 Å². The Labute approximate surface area is 716 Å². The maximum atomic E-state index is 15.7. The number of rotatable bonds is 32. The molecule has 44 heteroatoms. The summed E-state index contributed by atoms with van der Waals surface area (Å²) in [6.45, 7) is 2.95. The number of carboxylic acids is 1. The number of aliphatic carboxylic acids is 1. The molecule has 5 aromatic rings. The maximum absolute atomic E-state index is 15.7. The molecule has 2 unspecified atom stereocenters. The van der Waals surface area contributed by atoms with Crippen molar-refractivity contribution in [1.29, 1.82) is 5.41 Å². The Morgan fingerprint density at radius 3 is 1.63 bits per heavy atom. The Morgan fingerprint density at radius 2 is 1.05 bits per heavy atom. The summed E-state index contributed by atoms with van der Waals surface area (Å²) in [6, 6.07) is 2.45. The average molecular weight is 1740 g/mol. The second-order valence-electron chi connectivity index (χ2n) is 29.9. The van der Waals surface area contributed by atoms with Crippen molar-refractivity contribution in [2.75, 3.05) is 26.7 Å². The Hall–Kier alpha value is -14.4. The number of hydrogen-bond donors (Lipinski definition) is 24. The Balaban J connectivity index is 1.55. The second-order valence-corrected chi connectivity index (χ2v) is 29.9. The highest BCUT2D eigenvalue weighted by Gasteiger charge is 2.40. The van der Waals surface area contributed by atoms with Crippen LogP contribution in [0.15, 0.2) is 97.2 Å². The zero-order valence-electron chi connectivity index (χ0n) is 69.3. The van der Waals surface area contributed by atoms with Crippen molar-refractivity contribution >= 4 is 140 Å². The van der Waals surface area contributed by atoms with E-state index in [-0.39, 0.29) is 71.0 Å². The van der Waals surface area contributed by atoms with Crippen molar-refractivity contribution in [3.63, 3.8) is 0 Å². The van der Waals surface area contributed by atoms with Crippen molar-refractivity contribution in [3.8, 4) is 5.75 Å². The molecular formula is C81H110N22O22. The number of nitrogens with one attached hydrogen (secondary N) is 17. The van der Waals surface area contributed by atoms with Crippen molar-refractivity contribution in [2.24, 2.45) is 28.7 Å². The number of carbonyl (C=O) groups excluding carboxylic acids is 18. The summed E-state index contributed by atoms with van der Waals surface area (Å²) in [5.74, 6) is -22.2. The van der Waals surface area contributed by atoms with Gasteiger partial charge >= 0.3 is 5.97 Å². The van der Waals surface area contributed by atoms with Gasteiger partial charge in [-0.1, -0.05) is 72.8 Å². The molecule has 0 saturated carbocycles. The molecule has 0 aliphatic carbocycles. The number of unbranched alkanes of at least 4 members (excludes halogenated alkanes) is 1. The number of guanidine groups is 1. The maximum Gasteiger partial charge on any atom is 0.326 e. The lowest BCUT2D eigenvalue weighted by Gasteiger charge is -2.29. The number of hydrogen-bond acceptors (Lipinski definition) is 22. The van der Waals surface area contributed by atoms with E-state index in [1.807, 2.05) is 5.32 Å². The average Bonchev–Trinajstić information content (AvgIpc) is 1.42. The number of ether oxygens (including phenoxy) is 1. The third-order valence-corrected chi connectivity index (χ3v) is 19.9. The van der Waals surface area contributed by atoms with E-state index in [0.717, 1.165) is 13.8 Å². The van der Waals surface area contributed by atoms with Crippen LogP contribution in [0.5, 0.6) is 5.75 Å². The van der Waals surface area contributed by atoms with Gasteiger partial charge < -0.3 is 128 Å². The van der Waals surface area contributed by atoms with Crippen molar-refractivity contribution in [1.82, 2.24) is 84.7 Å². The molecular weight excluding hydrogens is 1630 g/mol. The molecule has 29 N–H and O–H groups in total. The van der Waals surface area contributed by atoms with Crippen LogP contribution < -0.4 is 113 Å². The quantitative estimate of drug-likeness (QED) is 0.0108. The molecule has 44 nitrogen and oxygen atoms in total.